The number of fused-ring (bicyclic) bond motifs is 1. The highest BCUT2D eigenvalue weighted by Crippen LogP contribution is 2.32. The zero-order chi connectivity index (χ0) is 17.1. The zero-order valence-electron chi connectivity index (χ0n) is 13.9. The lowest BCUT2D eigenvalue weighted by molar-refractivity contribution is 0.256. The van der Waals surface area contributed by atoms with Crippen molar-refractivity contribution in [3.8, 4) is 11.5 Å². The molecular weight excluding hydrogens is 308 g/mol. The summed E-state index contributed by atoms with van der Waals surface area (Å²) in [5.74, 6) is 2.01. The van der Waals surface area contributed by atoms with Gasteiger partial charge in [-0.1, -0.05) is 0 Å². The largest absolute Gasteiger partial charge is 0.497 e. The summed E-state index contributed by atoms with van der Waals surface area (Å²) in [7, 11) is 5.11. The van der Waals surface area contributed by atoms with Gasteiger partial charge in [-0.05, 0) is 24.3 Å². The molecule has 0 bridgehead atoms. The Morgan fingerprint density at radius 3 is 2.79 bits per heavy atom. The standard InChI is InChI=1S/C17H20N4O3/c1-20-9-10-21(14-5-4-8-18-16(14)20)17(22)19-13-11-12(23-2)6-7-15(13)24-3/h4-8,11H,9-10H2,1-3H3,(H,19,22). The van der Waals surface area contributed by atoms with Crippen LogP contribution in [0.25, 0.3) is 0 Å². The predicted octanol–water partition coefficient (Wildman–Crippen LogP) is 2.59. The minimum atomic E-state index is -0.232. The maximum absolute atomic E-state index is 12.8. The van der Waals surface area contributed by atoms with E-state index in [0.717, 1.165) is 11.5 Å². The third-order valence-electron chi connectivity index (χ3n) is 3.97. The quantitative estimate of drug-likeness (QED) is 0.938. The van der Waals surface area contributed by atoms with Gasteiger partial charge in [0.2, 0.25) is 0 Å². The summed E-state index contributed by atoms with van der Waals surface area (Å²) in [6.07, 6.45) is 1.72. The molecule has 126 valence electrons. The maximum atomic E-state index is 12.8. The van der Waals surface area contributed by atoms with E-state index in [9.17, 15) is 4.79 Å². The Hall–Kier alpha value is -2.96. The third-order valence-corrected chi connectivity index (χ3v) is 3.97. The van der Waals surface area contributed by atoms with E-state index in [1.165, 1.54) is 0 Å². The Morgan fingerprint density at radius 1 is 1.21 bits per heavy atom. The number of urea groups is 1. The van der Waals surface area contributed by atoms with Crippen LogP contribution in [0.4, 0.5) is 22.0 Å². The van der Waals surface area contributed by atoms with Gasteiger partial charge in [0.05, 0.1) is 25.6 Å². The zero-order valence-corrected chi connectivity index (χ0v) is 13.9. The molecule has 24 heavy (non-hydrogen) atoms. The van der Waals surface area contributed by atoms with E-state index in [-0.39, 0.29) is 6.03 Å². The van der Waals surface area contributed by atoms with Crippen molar-refractivity contribution in [2.24, 2.45) is 0 Å². The monoisotopic (exact) mass is 328 g/mol. The Kier molecular flexibility index (Phi) is 4.41. The molecule has 0 atom stereocenters. The number of anilines is 3. The van der Waals surface area contributed by atoms with E-state index < -0.39 is 0 Å². The lowest BCUT2D eigenvalue weighted by Crippen LogP contribution is -2.45. The maximum Gasteiger partial charge on any atom is 0.326 e. The highest BCUT2D eigenvalue weighted by molar-refractivity contribution is 6.04. The number of carbonyl (C=O) groups is 1. The SMILES string of the molecule is COc1ccc(OC)c(NC(=O)N2CCN(C)c3ncccc32)c1. The Balaban J connectivity index is 1.87. The third kappa shape index (κ3) is 2.92. The Labute approximate surface area is 140 Å². The van der Waals surface area contributed by atoms with Gasteiger partial charge in [-0.25, -0.2) is 9.78 Å². The molecular formula is C17H20N4O3. The van der Waals surface area contributed by atoms with Gasteiger partial charge < -0.3 is 19.7 Å². The first-order chi connectivity index (χ1) is 11.6. The molecule has 0 unspecified atom stereocenters. The number of likely N-dealkylation sites (N-methyl/N-ethyl adjacent to an activating group) is 1. The molecule has 2 amide bonds. The number of rotatable bonds is 3. The summed E-state index contributed by atoms with van der Waals surface area (Å²) in [5, 5.41) is 2.90. The van der Waals surface area contributed by atoms with Gasteiger partial charge in [0.15, 0.2) is 5.82 Å². The number of carbonyl (C=O) groups excluding carboxylic acids is 1. The van der Waals surface area contributed by atoms with Crippen molar-refractivity contribution in [1.29, 1.82) is 0 Å². The van der Waals surface area contributed by atoms with Gasteiger partial charge in [-0.3, -0.25) is 4.90 Å². The highest BCUT2D eigenvalue weighted by Gasteiger charge is 2.26. The molecule has 1 aromatic heterocycles. The van der Waals surface area contributed by atoms with Crippen molar-refractivity contribution >= 4 is 23.2 Å². The molecule has 7 nitrogen and oxygen atoms in total. The number of hydrogen-bond donors (Lipinski definition) is 1. The summed E-state index contributed by atoms with van der Waals surface area (Å²) in [5.41, 5.74) is 1.34. The van der Waals surface area contributed by atoms with Gasteiger partial charge in [0, 0.05) is 32.4 Å². The van der Waals surface area contributed by atoms with E-state index >= 15 is 0 Å². The lowest BCUT2D eigenvalue weighted by Gasteiger charge is -2.34. The molecule has 0 saturated carbocycles. The van der Waals surface area contributed by atoms with Crippen molar-refractivity contribution in [3.63, 3.8) is 0 Å². The van der Waals surface area contributed by atoms with E-state index in [1.807, 2.05) is 24.1 Å². The topological polar surface area (TPSA) is 66.9 Å². The number of amides is 2. The van der Waals surface area contributed by atoms with Gasteiger partial charge in [0.1, 0.15) is 11.5 Å². The molecule has 1 N–H and O–H groups in total. The number of methoxy groups -OCH3 is 2. The van der Waals surface area contributed by atoms with Crippen LogP contribution in [-0.4, -0.2) is 45.4 Å². The van der Waals surface area contributed by atoms with E-state index in [2.05, 4.69) is 10.3 Å². The van der Waals surface area contributed by atoms with E-state index in [1.54, 1.807) is 43.5 Å². The molecule has 0 aliphatic carbocycles. The summed E-state index contributed by atoms with van der Waals surface area (Å²) in [4.78, 5) is 20.9. The number of pyridine rings is 1. The van der Waals surface area contributed by atoms with Crippen LogP contribution >= 0.6 is 0 Å². The number of hydrogen-bond acceptors (Lipinski definition) is 5. The van der Waals surface area contributed by atoms with Crippen LogP contribution in [0.15, 0.2) is 36.5 Å². The highest BCUT2D eigenvalue weighted by atomic mass is 16.5. The average molecular weight is 328 g/mol. The predicted molar refractivity (Wildman–Crippen MR) is 93.4 cm³/mol. The Morgan fingerprint density at radius 2 is 2.04 bits per heavy atom. The average Bonchev–Trinajstić information content (AvgIpc) is 2.62. The second-order valence-corrected chi connectivity index (χ2v) is 5.42. The fraction of sp³-hybridized carbons (Fsp3) is 0.294. The summed E-state index contributed by atoms with van der Waals surface area (Å²) >= 11 is 0. The number of nitrogens with one attached hydrogen (secondary N) is 1. The second-order valence-electron chi connectivity index (χ2n) is 5.42. The minimum absolute atomic E-state index is 0.232. The van der Waals surface area contributed by atoms with Crippen molar-refractivity contribution in [2.45, 2.75) is 0 Å². The van der Waals surface area contributed by atoms with E-state index in [0.29, 0.717) is 30.3 Å². The van der Waals surface area contributed by atoms with Gasteiger partial charge >= 0.3 is 6.03 Å². The van der Waals surface area contributed by atoms with Crippen LogP contribution in [0.1, 0.15) is 0 Å². The fourth-order valence-electron chi connectivity index (χ4n) is 2.68. The number of benzene rings is 1. The number of ether oxygens (including phenoxy) is 2. The second kappa shape index (κ2) is 6.66. The van der Waals surface area contributed by atoms with Crippen LogP contribution in [0.2, 0.25) is 0 Å². The number of aromatic nitrogens is 1. The molecule has 0 fully saturated rings. The molecule has 1 aromatic carbocycles. The molecule has 0 saturated heterocycles. The van der Waals surface area contributed by atoms with Crippen molar-refractivity contribution in [3.05, 3.63) is 36.5 Å². The molecule has 3 rings (SSSR count). The molecule has 0 radical (unpaired) electrons. The van der Waals surface area contributed by atoms with Crippen molar-refractivity contribution in [1.82, 2.24) is 4.98 Å². The van der Waals surface area contributed by atoms with Gasteiger partial charge in [-0.2, -0.15) is 0 Å². The van der Waals surface area contributed by atoms with Crippen LogP contribution in [-0.2, 0) is 0 Å². The van der Waals surface area contributed by atoms with Gasteiger partial charge in [0.25, 0.3) is 0 Å². The molecule has 0 spiro atoms. The normalized spacial score (nSPS) is 13.3. The first-order valence-corrected chi connectivity index (χ1v) is 7.60. The molecule has 7 heteroatoms. The first-order valence-electron chi connectivity index (χ1n) is 7.60. The number of nitrogens with zero attached hydrogens (tertiary/aromatic N) is 3. The summed E-state index contributed by atoms with van der Waals surface area (Å²) in [6, 6.07) is 8.75. The van der Waals surface area contributed by atoms with E-state index in [4.69, 9.17) is 9.47 Å². The van der Waals surface area contributed by atoms with Crippen LogP contribution in [0.3, 0.4) is 0 Å². The molecule has 1 aliphatic heterocycles. The van der Waals surface area contributed by atoms with Crippen LogP contribution in [0, 0.1) is 0 Å². The Bertz CT molecular complexity index is 750. The van der Waals surface area contributed by atoms with Crippen molar-refractivity contribution < 1.29 is 14.3 Å². The molecule has 2 heterocycles. The van der Waals surface area contributed by atoms with Gasteiger partial charge in [-0.15, -0.1) is 0 Å². The summed E-state index contributed by atoms with van der Waals surface area (Å²) in [6.45, 7) is 1.29. The molecule has 2 aromatic rings. The first kappa shape index (κ1) is 15.9. The fourth-order valence-corrected chi connectivity index (χ4v) is 2.68. The van der Waals surface area contributed by atoms with Crippen LogP contribution in [0.5, 0.6) is 11.5 Å². The summed E-state index contributed by atoms with van der Waals surface area (Å²) < 4.78 is 10.5. The molecule has 1 aliphatic rings. The lowest BCUT2D eigenvalue weighted by atomic mass is 10.2. The van der Waals surface area contributed by atoms with Crippen LogP contribution < -0.4 is 24.6 Å². The minimum Gasteiger partial charge on any atom is -0.497 e. The van der Waals surface area contributed by atoms with Crippen molar-refractivity contribution in [2.75, 3.05) is 49.5 Å². The smallest absolute Gasteiger partial charge is 0.326 e.